The summed E-state index contributed by atoms with van der Waals surface area (Å²) in [6, 6.07) is 58.8. The Bertz CT molecular complexity index is 2360. The quantitative estimate of drug-likeness (QED) is 0.174. The first kappa shape index (κ1) is 30.8. The van der Waals surface area contributed by atoms with Gasteiger partial charge in [-0.15, -0.1) is 0 Å². The fraction of sp³-hybridized carbons (Fsp3) is 0.0435. The largest absolute Gasteiger partial charge is 0.258 e. The van der Waals surface area contributed by atoms with Crippen LogP contribution in [0.2, 0.25) is 0 Å². The number of hydrogen-bond donors (Lipinski definition) is 0. The van der Waals surface area contributed by atoms with Crippen molar-refractivity contribution in [3.8, 4) is 78.7 Å². The van der Waals surface area contributed by atoms with Crippen LogP contribution in [0.25, 0.3) is 78.7 Å². The highest BCUT2D eigenvalue weighted by atomic mass is 15.0. The van der Waals surface area contributed by atoms with Crippen molar-refractivity contribution in [2.45, 2.75) is 13.8 Å². The zero-order chi connectivity index (χ0) is 33.9. The fourth-order valence-electron chi connectivity index (χ4n) is 6.58. The predicted molar refractivity (Wildman–Crippen MR) is 205 cm³/mol. The van der Waals surface area contributed by atoms with E-state index in [1.807, 2.05) is 31.2 Å². The molecular weight excluding hydrogens is 609 g/mol. The van der Waals surface area contributed by atoms with Crippen molar-refractivity contribution >= 4 is 0 Å². The van der Waals surface area contributed by atoms with Crippen molar-refractivity contribution in [3.63, 3.8) is 0 Å². The Morgan fingerprint density at radius 2 is 0.760 bits per heavy atom. The standard InChI is InChI=1S/C46H34N4/c1-31-27-28-38(32(2)47-31)39-25-15-16-26-40(39)45-48-44(36-23-13-6-14-24-36)49-46(50-45)43-41(34-19-9-4-10-20-34)29-37(33-17-7-3-8-18-33)30-42(43)35-21-11-5-12-22-35/h3-30H,1-2H3. The van der Waals surface area contributed by atoms with Gasteiger partial charge >= 0.3 is 0 Å². The highest BCUT2D eigenvalue weighted by molar-refractivity contribution is 5.96. The molecule has 0 radical (unpaired) electrons. The minimum atomic E-state index is 0.606. The van der Waals surface area contributed by atoms with Gasteiger partial charge in [0, 0.05) is 33.6 Å². The van der Waals surface area contributed by atoms with Crippen LogP contribution in [0.5, 0.6) is 0 Å². The van der Waals surface area contributed by atoms with Gasteiger partial charge in [0.05, 0.1) is 0 Å². The second kappa shape index (κ2) is 13.5. The molecule has 6 aromatic carbocycles. The molecule has 0 fully saturated rings. The summed E-state index contributed by atoms with van der Waals surface area (Å²) in [5.41, 5.74) is 13.4. The average Bonchev–Trinajstić information content (AvgIpc) is 3.18. The van der Waals surface area contributed by atoms with Crippen LogP contribution in [0, 0.1) is 13.8 Å². The lowest BCUT2D eigenvalue weighted by Gasteiger charge is -2.19. The van der Waals surface area contributed by atoms with Crippen LogP contribution < -0.4 is 0 Å². The van der Waals surface area contributed by atoms with Crippen LogP contribution in [-0.2, 0) is 0 Å². The summed E-state index contributed by atoms with van der Waals surface area (Å²) in [5, 5.41) is 0. The van der Waals surface area contributed by atoms with Gasteiger partial charge in [-0.2, -0.15) is 0 Å². The van der Waals surface area contributed by atoms with Gasteiger partial charge in [0.2, 0.25) is 0 Å². The summed E-state index contributed by atoms with van der Waals surface area (Å²) in [7, 11) is 0. The monoisotopic (exact) mass is 642 g/mol. The molecular formula is C46H34N4. The normalized spacial score (nSPS) is 11.0. The second-order valence-electron chi connectivity index (χ2n) is 12.3. The molecule has 0 saturated heterocycles. The molecule has 238 valence electrons. The molecule has 0 spiro atoms. The Morgan fingerprint density at radius 1 is 0.300 bits per heavy atom. The summed E-state index contributed by atoms with van der Waals surface area (Å²) in [6.45, 7) is 4.07. The third kappa shape index (κ3) is 6.11. The van der Waals surface area contributed by atoms with Crippen molar-refractivity contribution in [2.75, 3.05) is 0 Å². The van der Waals surface area contributed by atoms with Gasteiger partial charge < -0.3 is 0 Å². The highest BCUT2D eigenvalue weighted by Gasteiger charge is 2.22. The molecule has 4 nitrogen and oxygen atoms in total. The predicted octanol–water partition coefficient (Wildman–Crippen LogP) is 11.6. The summed E-state index contributed by atoms with van der Waals surface area (Å²) in [4.78, 5) is 20.6. The highest BCUT2D eigenvalue weighted by Crippen LogP contribution is 2.43. The van der Waals surface area contributed by atoms with E-state index in [0.29, 0.717) is 17.5 Å². The van der Waals surface area contributed by atoms with Gasteiger partial charge in [-0.05, 0) is 71.0 Å². The van der Waals surface area contributed by atoms with E-state index < -0.39 is 0 Å². The molecule has 0 saturated carbocycles. The number of benzene rings is 6. The molecule has 8 rings (SSSR count). The molecule has 8 aromatic rings. The molecule has 0 unspecified atom stereocenters. The Kier molecular flexibility index (Phi) is 8.34. The van der Waals surface area contributed by atoms with Crippen LogP contribution in [-0.4, -0.2) is 19.9 Å². The van der Waals surface area contributed by atoms with E-state index in [4.69, 9.17) is 19.9 Å². The number of aromatic nitrogens is 4. The lowest BCUT2D eigenvalue weighted by atomic mass is 9.87. The maximum Gasteiger partial charge on any atom is 0.165 e. The molecule has 0 amide bonds. The number of aryl methyl sites for hydroxylation is 2. The molecule has 0 aliphatic rings. The van der Waals surface area contributed by atoms with Crippen LogP contribution >= 0.6 is 0 Å². The van der Waals surface area contributed by atoms with Gasteiger partial charge in [0.15, 0.2) is 17.5 Å². The van der Waals surface area contributed by atoms with Crippen molar-refractivity contribution in [2.24, 2.45) is 0 Å². The molecule has 50 heavy (non-hydrogen) atoms. The van der Waals surface area contributed by atoms with E-state index >= 15 is 0 Å². The summed E-state index contributed by atoms with van der Waals surface area (Å²) in [6.07, 6.45) is 0. The molecule has 2 aromatic heterocycles. The smallest absolute Gasteiger partial charge is 0.165 e. The zero-order valence-corrected chi connectivity index (χ0v) is 28.0. The fourth-order valence-corrected chi connectivity index (χ4v) is 6.58. The van der Waals surface area contributed by atoms with Gasteiger partial charge in [-0.3, -0.25) is 4.98 Å². The van der Waals surface area contributed by atoms with Crippen LogP contribution in [0.4, 0.5) is 0 Å². The number of hydrogen-bond acceptors (Lipinski definition) is 4. The number of pyridine rings is 1. The lowest BCUT2D eigenvalue weighted by molar-refractivity contribution is 1.07. The third-order valence-electron chi connectivity index (χ3n) is 8.99. The third-order valence-corrected chi connectivity index (χ3v) is 8.99. The van der Waals surface area contributed by atoms with Gasteiger partial charge in [-0.1, -0.05) is 152 Å². The summed E-state index contributed by atoms with van der Waals surface area (Å²) >= 11 is 0. The SMILES string of the molecule is Cc1ccc(-c2ccccc2-c2nc(-c3ccccc3)nc(-c3c(-c4ccccc4)cc(-c4ccccc4)cc3-c3ccccc3)n2)c(C)n1. The first-order valence-corrected chi connectivity index (χ1v) is 16.8. The first-order valence-electron chi connectivity index (χ1n) is 16.8. The molecule has 2 heterocycles. The average molecular weight is 643 g/mol. The molecule has 0 aliphatic heterocycles. The van der Waals surface area contributed by atoms with Crippen LogP contribution in [0.3, 0.4) is 0 Å². The summed E-state index contributed by atoms with van der Waals surface area (Å²) < 4.78 is 0. The number of nitrogens with zero attached hydrogens (tertiary/aromatic N) is 4. The van der Waals surface area contributed by atoms with E-state index in [9.17, 15) is 0 Å². The van der Waals surface area contributed by atoms with Gasteiger partial charge in [-0.25, -0.2) is 15.0 Å². The number of rotatable bonds is 7. The van der Waals surface area contributed by atoms with E-state index in [2.05, 4.69) is 153 Å². The van der Waals surface area contributed by atoms with Crippen LogP contribution in [0.1, 0.15) is 11.4 Å². The lowest BCUT2D eigenvalue weighted by Crippen LogP contribution is -2.04. The molecule has 0 bridgehead atoms. The minimum Gasteiger partial charge on any atom is -0.258 e. The topological polar surface area (TPSA) is 51.6 Å². The first-order chi connectivity index (χ1) is 24.6. The molecule has 4 heteroatoms. The molecule has 0 aliphatic carbocycles. The zero-order valence-electron chi connectivity index (χ0n) is 28.0. The van der Waals surface area contributed by atoms with Crippen molar-refractivity contribution < 1.29 is 0 Å². The second-order valence-corrected chi connectivity index (χ2v) is 12.3. The van der Waals surface area contributed by atoms with E-state index in [0.717, 1.165) is 72.6 Å². The van der Waals surface area contributed by atoms with Gasteiger partial charge in [0.1, 0.15) is 0 Å². The Hall–Kier alpha value is -6.52. The van der Waals surface area contributed by atoms with E-state index in [-0.39, 0.29) is 0 Å². The van der Waals surface area contributed by atoms with Crippen molar-refractivity contribution in [1.82, 2.24) is 19.9 Å². The van der Waals surface area contributed by atoms with Crippen molar-refractivity contribution in [3.05, 3.63) is 181 Å². The van der Waals surface area contributed by atoms with Crippen molar-refractivity contribution in [1.29, 1.82) is 0 Å². The maximum absolute atomic E-state index is 5.36. The van der Waals surface area contributed by atoms with Gasteiger partial charge in [0.25, 0.3) is 0 Å². The van der Waals surface area contributed by atoms with Crippen LogP contribution in [0.15, 0.2) is 170 Å². The Morgan fingerprint density at radius 3 is 1.32 bits per heavy atom. The molecule has 0 N–H and O–H groups in total. The molecule has 0 atom stereocenters. The van der Waals surface area contributed by atoms with E-state index in [1.54, 1.807) is 0 Å². The van der Waals surface area contributed by atoms with E-state index in [1.165, 1.54) is 0 Å². The maximum atomic E-state index is 5.36. The Labute approximate surface area is 292 Å². The summed E-state index contributed by atoms with van der Waals surface area (Å²) in [5.74, 6) is 1.83. The minimum absolute atomic E-state index is 0.606. The Balaban J connectivity index is 1.46.